The molecule has 0 unspecified atom stereocenters. The first-order valence-corrected chi connectivity index (χ1v) is 9.11. The van der Waals surface area contributed by atoms with Crippen LogP contribution in [0.1, 0.15) is 11.1 Å². The lowest BCUT2D eigenvalue weighted by atomic mass is 10.2. The van der Waals surface area contributed by atoms with Gasteiger partial charge in [0, 0.05) is 52.4 Å². The minimum atomic E-state index is 0.138. The Morgan fingerprint density at radius 2 is 1.56 bits per heavy atom. The zero-order valence-corrected chi connectivity index (χ0v) is 16.0. The van der Waals surface area contributed by atoms with E-state index < -0.39 is 0 Å². The van der Waals surface area contributed by atoms with Crippen LogP contribution in [0.2, 0.25) is 15.1 Å². The van der Waals surface area contributed by atoms with Gasteiger partial charge in [-0.2, -0.15) is 0 Å². The number of ether oxygens (including phenoxy) is 1. The first-order chi connectivity index (χ1) is 12.1. The molecule has 2 rings (SSSR count). The van der Waals surface area contributed by atoms with Crippen molar-refractivity contribution in [3.8, 4) is 5.75 Å². The summed E-state index contributed by atoms with van der Waals surface area (Å²) in [4.78, 5) is 0. The molecule has 0 bridgehead atoms. The van der Waals surface area contributed by atoms with Crippen molar-refractivity contribution in [2.45, 2.75) is 13.2 Å². The summed E-state index contributed by atoms with van der Waals surface area (Å²) in [5.74, 6) is 0.756. The Hall–Kier alpha value is -1.01. The van der Waals surface area contributed by atoms with Gasteiger partial charge in [0.05, 0.1) is 6.61 Å². The number of rotatable bonds is 10. The van der Waals surface area contributed by atoms with E-state index in [0.717, 1.165) is 30.0 Å². The van der Waals surface area contributed by atoms with Crippen LogP contribution in [-0.4, -0.2) is 31.3 Å². The highest BCUT2D eigenvalue weighted by molar-refractivity contribution is 6.35. The minimum Gasteiger partial charge on any atom is -0.489 e. The first kappa shape index (κ1) is 20.3. The lowest BCUT2D eigenvalue weighted by molar-refractivity contribution is 0.292. The third-order valence-corrected chi connectivity index (χ3v) is 4.33. The van der Waals surface area contributed by atoms with Crippen molar-refractivity contribution < 1.29 is 9.84 Å². The van der Waals surface area contributed by atoms with Crippen molar-refractivity contribution >= 4 is 34.8 Å². The Kier molecular flexibility index (Phi) is 8.82. The smallest absolute Gasteiger partial charge is 0.124 e. The van der Waals surface area contributed by atoms with E-state index in [1.54, 1.807) is 18.2 Å². The van der Waals surface area contributed by atoms with E-state index in [-0.39, 0.29) is 6.61 Å². The van der Waals surface area contributed by atoms with Crippen molar-refractivity contribution in [2.75, 3.05) is 26.2 Å². The molecule has 0 heterocycles. The molecule has 2 aromatic carbocycles. The molecule has 136 valence electrons. The molecule has 0 spiro atoms. The molecular formula is C18H21Cl3N2O2. The highest BCUT2D eigenvalue weighted by Crippen LogP contribution is 2.26. The molecule has 0 saturated heterocycles. The van der Waals surface area contributed by atoms with Crippen LogP contribution < -0.4 is 15.4 Å². The first-order valence-electron chi connectivity index (χ1n) is 7.97. The summed E-state index contributed by atoms with van der Waals surface area (Å²) in [6.07, 6.45) is 0. The molecule has 0 atom stereocenters. The second-order valence-electron chi connectivity index (χ2n) is 5.43. The Labute approximate surface area is 163 Å². The average molecular weight is 404 g/mol. The molecule has 0 aromatic heterocycles. The van der Waals surface area contributed by atoms with Crippen LogP contribution >= 0.6 is 34.8 Å². The maximum atomic E-state index is 8.72. The van der Waals surface area contributed by atoms with Gasteiger partial charge in [0.2, 0.25) is 0 Å². The Morgan fingerprint density at radius 1 is 0.840 bits per heavy atom. The lowest BCUT2D eigenvalue weighted by Crippen LogP contribution is -2.28. The van der Waals surface area contributed by atoms with Gasteiger partial charge in [0.15, 0.2) is 0 Å². The van der Waals surface area contributed by atoms with Crippen molar-refractivity contribution in [1.82, 2.24) is 10.6 Å². The molecule has 0 saturated carbocycles. The molecule has 25 heavy (non-hydrogen) atoms. The van der Waals surface area contributed by atoms with Crippen molar-refractivity contribution in [1.29, 1.82) is 0 Å². The summed E-state index contributed by atoms with van der Waals surface area (Å²) >= 11 is 18.2. The van der Waals surface area contributed by atoms with Crippen molar-refractivity contribution in [2.24, 2.45) is 0 Å². The second kappa shape index (κ2) is 10.9. The number of nitrogens with one attached hydrogen (secondary N) is 2. The van der Waals surface area contributed by atoms with E-state index in [9.17, 15) is 0 Å². The van der Waals surface area contributed by atoms with Crippen LogP contribution in [0, 0.1) is 0 Å². The standard InChI is InChI=1S/C18H21Cl3N2O2/c19-15-3-4-18(14(9-15)11-23-6-5-22-7-8-24)25-12-13-1-2-16(20)10-17(13)21/h1-4,9-10,22-24H,5-8,11-12H2. The Bertz CT molecular complexity index is 683. The molecule has 4 nitrogen and oxygen atoms in total. The van der Waals surface area contributed by atoms with Crippen molar-refractivity contribution in [3.05, 3.63) is 62.6 Å². The second-order valence-corrected chi connectivity index (χ2v) is 6.71. The maximum Gasteiger partial charge on any atom is 0.124 e. The fourth-order valence-corrected chi connectivity index (χ4v) is 2.88. The van der Waals surface area contributed by atoms with E-state index in [0.29, 0.717) is 34.8 Å². The SMILES string of the molecule is OCCNCCNCc1cc(Cl)ccc1OCc1ccc(Cl)cc1Cl. The Balaban J connectivity index is 1.93. The highest BCUT2D eigenvalue weighted by Gasteiger charge is 2.07. The number of benzene rings is 2. The van der Waals surface area contributed by atoms with E-state index in [4.69, 9.17) is 44.6 Å². The zero-order valence-electron chi connectivity index (χ0n) is 13.7. The van der Waals surface area contributed by atoms with Gasteiger partial charge in [0.1, 0.15) is 12.4 Å². The molecular weight excluding hydrogens is 383 g/mol. The van der Waals surface area contributed by atoms with Gasteiger partial charge >= 0.3 is 0 Å². The summed E-state index contributed by atoms with van der Waals surface area (Å²) in [5, 5.41) is 17.0. The summed E-state index contributed by atoms with van der Waals surface area (Å²) in [6.45, 7) is 3.26. The van der Waals surface area contributed by atoms with Crippen LogP contribution in [-0.2, 0) is 13.2 Å². The maximum absolute atomic E-state index is 8.72. The molecule has 0 aliphatic carbocycles. The number of aliphatic hydroxyl groups excluding tert-OH is 1. The third-order valence-electron chi connectivity index (χ3n) is 3.50. The van der Waals surface area contributed by atoms with E-state index in [1.807, 2.05) is 18.2 Å². The van der Waals surface area contributed by atoms with Crippen LogP contribution in [0.5, 0.6) is 5.75 Å². The van der Waals surface area contributed by atoms with E-state index >= 15 is 0 Å². The largest absolute Gasteiger partial charge is 0.489 e. The monoisotopic (exact) mass is 402 g/mol. The molecule has 0 aliphatic heterocycles. The molecule has 0 aliphatic rings. The normalized spacial score (nSPS) is 10.9. The van der Waals surface area contributed by atoms with Crippen LogP contribution in [0.4, 0.5) is 0 Å². The number of halogens is 3. The van der Waals surface area contributed by atoms with Crippen LogP contribution in [0.3, 0.4) is 0 Å². The van der Waals surface area contributed by atoms with Crippen LogP contribution in [0.15, 0.2) is 36.4 Å². The van der Waals surface area contributed by atoms with Gasteiger partial charge in [-0.3, -0.25) is 0 Å². The van der Waals surface area contributed by atoms with Gasteiger partial charge < -0.3 is 20.5 Å². The third kappa shape index (κ3) is 7.02. The lowest BCUT2D eigenvalue weighted by Gasteiger charge is -2.14. The predicted octanol–water partition coefficient (Wildman–Crippen LogP) is 3.90. The van der Waals surface area contributed by atoms with Gasteiger partial charge in [-0.05, 0) is 30.3 Å². The molecule has 0 radical (unpaired) electrons. The fourth-order valence-electron chi connectivity index (χ4n) is 2.23. The molecule has 7 heteroatoms. The molecule has 3 N–H and O–H groups in total. The summed E-state index contributed by atoms with van der Waals surface area (Å²) in [6, 6.07) is 10.9. The fraction of sp³-hybridized carbons (Fsp3) is 0.333. The predicted molar refractivity (Wildman–Crippen MR) is 104 cm³/mol. The van der Waals surface area contributed by atoms with Gasteiger partial charge in [-0.25, -0.2) is 0 Å². The Morgan fingerprint density at radius 3 is 2.32 bits per heavy atom. The summed E-state index contributed by atoms with van der Waals surface area (Å²) < 4.78 is 5.92. The summed E-state index contributed by atoms with van der Waals surface area (Å²) in [7, 11) is 0. The van der Waals surface area contributed by atoms with E-state index in [2.05, 4.69) is 10.6 Å². The average Bonchev–Trinajstić information content (AvgIpc) is 2.58. The van der Waals surface area contributed by atoms with Gasteiger partial charge in [-0.15, -0.1) is 0 Å². The molecule has 0 amide bonds. The number of hydrogen-bond acceptors (Lipinski definition) is 4. The quantitative estimate of drug-likeness (QED) is 0.527. The highest BCUT2D eigenvalue weighted by atomic mass is 35.5. The summed E-state index contributed by atoms with van der Waals surface area (Å²) in [5.41, 5.74) is 1.84. The van der Waals surface area contributed by atoms with Crippen LogP contribution in [0.25, 0.3) is 0 Å². The molecule has 2 aromatic rings. The van der Waals surface area contributed by atoms with Gasteiger partial charge in [-0.1, -0.05) is 40.9 Å². The van der Waals surface area contributed by atoms with E-state index in [1.165, 1.54) is 0 Å². The van der Waals surface area contributed by atoms with Gasteiger partial charge in [0.25, 0.3) is 0 Å². The minimum absolute atomic E-state index is 0.138. The van der Waals surface area contributed by atoms with Crippen molar-refractivity contribution in [3.63, 3.8) is 0 Å². The number of hydrogen-bond donors (Lipinski definition) is 3. The zero-order chi connectivity index (χ0) is 18.1. The topological polar surface area (TPSA) is 53.5 Å². The molecule has 0 fully saturated rings. The number of aliphatic hydroxyl groups is 1.